The van der Waals surface area contributed by atoms with Crippen LogP contribution in [0.1, 0.15) is 29.2 Å². The number of piperidine rings is 1. The largest absolute Gasteiger partial charge is 0.451 e. The van der Waals surface area contributed by atoms with Crippen molar-refractivity contribution in [3.05, 3.63) is 17.6 Å². The van der Waals surface area contributed by atoms with Gasteiger partial charge in [0.1, 0.15) is 11.5 Å². The van der Waals surface area contributed by atoms with Crippen LogP contribution in [0.2, 0.25) is 0 Å². The Labute approximate surface area is 119 Å². The van der Waals surface area contributed by atoms with Crippen molar-refractivity contribution >= 4 is 11.7 Å². The van der Waals surface area contributed by atoms with E-state index < -0.39 is 17.9 Å². The third kappa shape index (κ3) is 3.60. The summed E-state index contributed by atoms with van der Waals surface area (Å²) >= 11 is 0. The number of hydrogen-bond acceptors (Lipinski definition) is 5. The van der Waals surface area contributed by atoms with E-state index in [2.05, 4.69) is 15.3 Å². The maximum Gasteiger partial charge on any atom is 0.451 e. The van der Waals surface area contributed by atoms with Crippen molar-refractivity contribution in [1.29, 1.82) is 0 Å². The number of rotatable bonds is 2. The first-order valence-electron chi connectivity index (χ1n) is 6.50. The van der Waals surface area contributed by atoms with E-state index in [1.54, 1.807) is 0 Å². The van der Waals surface area contributed by atoms with Gasteiger partial charge in [0.15, 0.2) is 0 Å². The van der Waals surface area contributed by atoms with Crippen molar-refractivity contribution in [3.63, 3.8) is 0 Å². The fraction of sp³-hybridized carbons (Fsp3) is 0.583. The van der Waals surface area contributed by atoms with Crippen LogP contribution < -0.4 is 11.1 Å². The highest BCUT2D eigenvalue weighted by atomic mass is 19.4. The fourth-order valence-corrected chi connectivity index (χ4v) is 2.08. The fourth-order valence-electron chi connectivity index (χ4n) is 2.08. The highest BCUT2D eigenvalue weighted by molar-refractivity contribution is 5.93. The van der Waals surface area contributed by atoms with Gasteiger partial charge in [-0.3, -0.25) is 4.79 Å². The molecule has 1 aromatic heterocycles. The number of carbonyl (C=O) groups excluding carboxylic acids is 1. The van der Waals surface area contributed by atoms with Gasteiger partial charge in [0.25, 0.3) is 5.91 Å². The van der Waals surface area contributed by atoms with Crippen molar-refractivity contribution in [1.82, 2.24) is 14.9 Å². The summed E-state index contributed by atoms with van der Waals surface area (Å²) in [5, 5.41) is 2.50. The number of likely N-dealkylation sites (tertiary alicyclic amines) is 1. The molecule has 0 atom stereocenters. The molecule has 2 heterocycles. The molecule has 0 bridgehead atoms. The Hall–Kier alpha value is -1.90. The molecule has 2 rings (SSSR count). The van der Waals surface area contributed by atoms with Crippen LogP contribution in [0.4, 0.5) is 19.0 Å². The van der Waals surface area contributed by atoms with Crippen LogP contribution in [0.15, 0.2) is 6.07 Å². The van der Waals surface area contributed by atoms with Crippen molar-refractivity contribution in [2.45, 2.75) is 25.1 Å². The van der Waals surface area contributed by atoms with Crippen molar-refractivity contribution in [3.8, 4) is 0 Å². The molecule has 3 N–H and O–H groups in total. The zero-order chi connectivity index (χ0) is 15.6. The number of nitrogens with one attached hydrogen (secondary N) is 1. The standard InChI is InChI=1S/C12H16F3N5O/c1-17-9-6-8(18-11(19-9)12(13,14)15)10(21)20-4-2-7(16)3-5-20/h6-7H,2-5,16H2,1H3,(H,17,18,19). The lowest BCUT2D eigenvalue weighted by atomic mass is 10.1. The summed E-state index contributed by atoms with van der Waals surface area (Å²) in [4.78, 5) is 20.4. The number of nitrogens with two attached hydrogens (primary N) is 1. The van der Waals surface area contributed by atoms with E-state index >= 15 is 0 Å². The first-order valence-corrected chi connectivity index (χ1v) is 6.50. The van der Waals surface area contributed by atoms with Gasteiger partial charge in [0.2, 0.25) is 5.82 Å². The van der Waals surface area contributed by atoms with Crippen LogP contribution >= 0.6 is 0 Å². The van der Waals surface area contributed by atoms with Gasteiger partial charge in [-0.15, -0.1) is 0 Å². The molecule has 1 amide bonds. The molecule has 0 radical (unpaired) electrons. The zero-order valence-electron chi connectivity index (χ0n) is 11.4. The van der Waals surface area contributed by atoms with Crippen LogP contribution in [0.3, 0.4) is 0 Å². The van der Waals surface area contributed by atoms with Crippen LogP contribution in [0.25, 0.3) is 0 Å². The topological polar surface area (TPSA) is 84.1 Å². The molecule has 1 aromatic rings. The van der Waals surface area contributed by atoms with Gasteiger partial charge in [-0.1, -0.05) is 0 Å². The summed E-state index contributed by atoms with van der Waals surface area (Å²) in [7, 11) is 1.43. The van der Waals surface area contributed by atoms with Gasteiger partial charge in [-0.2, -0.15) is 13.2 Å². The summed E-state index contributed by atoms with van der Waals surface area (Å²) in [6, 6.07) is 1.24. The number of alkyl halides is 3. The monoisotopic (exact) mass is 303 g/mol. The summed E-state index contributed by atoms with van der Waals surface area (Å²) in [5.41, 5.74) is 5.47. The number of aromatic nitrogens is 2. The Balaban J connectivity index is 2.28. The van der Waals surface area contributed by atoms with Crippen LogP contribution in [-0.4, -0.2) is 47.0 Å². The predicted molar refractivity (Wildman–Crippen MR) is 69.7 cm³/mol. The van der Waals surface area contributed by atoms with Crippen LogP contribution in [0, 0.1) is 0 Å². The lowest BCUT2D eigenvalue weighted by Crippen LogP contribution is -2.43. The third-order valence-electron chi connectivity index (χ3n) is 3.28. The zero-order valence-corrected chi connectivity index (χ0v) is 11.4. The summed E-state index contributed by atoms with van der Waals surface area (Å²) in [5.74, 6) is -1.91. The second kappa shape index (κ2) is 5.84. The van der Waals surface area contributed by atoms with Gasteiger partial charge < -0.3 is 16.0 Å². The Bertz CT molecular complexity index is 526. The van der Waals surface area contributed by atoms with E-state index in [9.17, 15) is 18.0 Å². The van der Waals surface area contributed by atoms with Gasteiger partial charge >= 0.3 is 6.18 Å². The molecule has 0 unspecified atom stereocenters. The molecule has 0 aromatic carbocycles. The average Bonchev–Trinajstić information content (AvgIpc) is 2.46. The van der Waals surface area contributed by atoms with E-state index in [1.807, 2.05) is 0 Å². The minimum atomic E-state index is -4.70. The van der Waals surface area contributed by atoms with E-state index in [0.29, 0.717) is 25.9 Å². The van der Waals surface area contributed by atoms with E-state index in [0.717, 1.165) is 0 Å². The molecule has 21 heavy (non-hydrogen) atoms. The number of carbonyl (C=O) groups is 1. The number of nitrogens with zero attached hydrogens (tertiary/aromatic N) is 3. The Kier molecular flexibility index (Phi) is 4.31. The molecule has 6 nitrogen and oxygen atoms in total. The maximum absolute atomic E-state index is 12.7. The van der Waals surface area contributed by atoms with Gasteiger partial charge in [0.05, 0.1) is 0 Å². The minimum Gasteiger partial charge on any atom is -0.373 e. The van der Waals surface area contributed by atoms with E-state index in [4.69, 9.17) is 5.73 Å². The lowest BCUT2D eigenvalue weighted by Gasteiger charge is -2.30. The Morgan fingerprint density at radius 3 is 2.52 bits per heavy atom. The molecule has 1 saturated heterocycles. The molecule has 1 aliphatic heterocycles. The minimum absolute atomic E-state index is 0.0260. The molecular formula is C12H16F3N5O. The Morgan fingerprint density at radius 1 is 1.38 bits per heavy atom. The normalized spacial score (nSPS) is 16.9. The molecule has 0 saturated carbocycles. The molecule has 116 valence electrons. The maximum atomic E-state index is 12.7. The predicted octanol–water partition coefficient (Wildman–Crippen LogP) is 1.10. The van der Waals surface area contributed by atoms with Gasteiger partial charge in [0, 0.05) is 32.2 Å². The van der Waals surface area contributed by atoms with Gasteiger partial charge in [-0.25, -0.2) is 9.97 Å². The number of amides is 1. The number of hydrogen-bond donors (Lipinski definition) is 2. The second-order valence-electron chi connectivity index (χ2n) is 4.84. The summed E-state index contributed by atoms with van der Waals surface area (Å²) in [6.07, 6.45) is -3.45. The highest BCUT2D eigenvalue weighted by Gasteiger charge is 2.36. The number of anilines is 1. The van der Waals surface area contributed by atoms with Crippen LogP contribution in [-0.2, 0) is 6.18 Å². The van der Waals surface area contributed by atoms with Crippen molar-refractivity contribution < 1.29 is 18.0 Å². The Morgan fingerprint density at radius 2 is 2.00 bits per heavy atom. The van der Waals surface area contributed by atoms with E-state index in [-0.39, 0.29) is 17.6 Å². The van der Waals surface area contributed by atoms with Gasteiger partial charge in [-0.05, 0) is 12.8 Å². The smallest absolute Gasteiger partial charge is 0.373 e. The quantitative estimate of drug-likeness (QED) is 0.854. The van der Waals surface area contributed by atoms with Crippen molar-refractivity contribution in [2.75, 3.05) is 25.5 Å². The second-order valence-corrected chi connectivity index (χ2v) is 4.84. The highest BCUT2D eigenvalue weighted by Crippen LogP contribution is 2.27. The first kappa shape index (κ1) is 15.5. The first-order chi connectivity index (χ1) is 9.81. The number of halogens is 3. The SMILES string of the molecule is CNc1cc(C(=O)N2CCC(N)CC2)nc(C(F)(F)F)n1. The van der Waals surface area contributed by atoms with E-state index in [1.165, 1.54) is 18.0 Å². The lowest BCUT2D eigenvalue weighted by molar-refractivity contribution is -0.144. The van der Waals surface area contributed by atoms with Crippen LogP contribution in [0.5, 0.6) is 0 Å². The summed E-state index contributed by atoms with van der Waals surface area (Å²) in [6.45, 7) is 0.834. The average molecular weight is 303 g/mol. The molecule has 0 spiro atoms. The van der Waals surface area contributed by atoms with Crippen molar-refractivity contribution in [2.24, 2.45) is 5.73 Å². The summed E-state index contributed by atoms with van der Waals surface area (Å²) < 4.78 is 38.2. The third-order valence-corrected chi connectivity index (χ3v) is 3.28. The molecule has 1 fully saturated rings. The molecule has 9 heteroatoms. The molecule has 0 aliphatic carbocycles. The molecular weight excluding hydrogens is 287 g/mol. The molecule has 1 aliphatic rings.